The summed E-state index contributed by atoms with van der Waals surface area (Å²) in [5.41, 5.74) is 7.53. The van der Waals surface area contributed by atoms with E-state index in [9.17, 15) is 8.78 Å². The third-order valence-electron chi connectivity index (χ3n) is 4.59. The maximum Gasteiger partial charge on any atom is 0.190 e. The van der Waals surface area contributed by atoms with E-state index in [0.29, 0.717) is 16.8 Å². The zero-order valence-electron chi connectivity index (χ0n) is 16.1. The number of benzene rings is 2. The second-order valence-electron chi connectivity index (χ2n) is 6.82. The topological polar surface area (TPSA) is 80.7 Å². The molecule has 0 radical (unpaired) electrons. The first-order valence-corrected chi connectivity index (χ1v) is 9.20. The maximum absolute atomic E-state index is 14.9. The minimum Gasteiger partial charge on any atom is -0.494 e. The lowest BCUT2D eigenvalue weighted by Crippen LogP contribution is -2.47. The molecule has 0 aliphatic carbocycles. The molecule has 0 unspecified atom stereocenters. The molecule has 1 aliphatic heterocycles. The molecule has 1 fully saturated rings. The molecular formula is C21H23F2N3O3. The highest BCUT2D eigenvalue weighted by molar-refractivity contribution is 5.50. The monoisotopic (exact) mass is 403 g/mol. The average Bonchev–Trinajstić information content (AvgIpc) is 2.74. The molecule has 1 aliphatic rings. The lowest BCUT2D eigenvalue weighted by Gasteiger charge is -2.33. The van der Waals surface area contributed by atoms with Crippen LogP contribution in [0.2, 0.25) is 0 Å². The Bertz CT molecular complexity index is 849. The number of ether oxygens (including phenoxy) is 3. The number of alkyl halides is 1. The Balaban J connectivity index is 1.79. The first kappa shape index (κ1) is 21.0. The molecule has 8 heteroatoms. The fraction of sp³-hybridized carbons (Fsp3) is 0.381. The molecule has 1 atom stereocenters. The zero-order valence-corrected chi connectivity index (χ0v) is 16.1. The Morgan fingerprint density at radius 1 is 1.24 bits per heavy atom. The normalized spacial score (nSPS) is 20.0. The highest BCUT2D eigenvalue weighted by Crippen LogP contribution is 2.24. The van der Waals surface area contributed by atoms with Gasteiger partial charge in [-0.15, -0.1) is 0 Å². The summed E-state index contributed by atoms with van der Waals surface area (Å²) in [7, 11) is 1.39. The van der Waals surface area contributed by atoms with Gasteiger partial charge in [0.15, 0.2) is 24.0 Å². The van der Waals surface area contributed by atoms with Crippen LogP contribution in [0.25, 0.3) is 0 Å². The minimum absolute atomic E-state index is 0.0422. The molecule has 2 N–H and O–H groups in total. The van der Waals surface area contributed by atoms with Gasteiger partial charge in [-0.2, -0.15) is 5.26 Å². The fourth-order valence-electron chi connectivity index (χ4n) is 3.08. The first-order chi connectivity index (χ1) is 14.0. The summed E-state index contributed by atoms with van der Waals surface area (Å²) in [6, 6.07) is 13.1. The van der Waals surface area contributed by atoms with Crippen molar-refractivity contribution in [2.75, 3.05) is 31.8 Å². The Morgan fingerprint density at radius 2 is 1.93 bits per heavy atom. The van der Waals surface area contributed by atoms with Gasteiger partial charge in [0.2, 0.25) is 0 Å². The van der Waals surface area contributed by atoms with Crippen molar-refractivity contribution >= 4 is 5.69 Å². The van der Waals surface area contributed by atoms with Crippen LogP contribution in [0.3, 0.4) is 0 Å². The van der Waals surface area contributed by atoms with Crippen LogP contribution in [0, 0.1) is 17.1 Å². The van der Waals surface area contributed by atoms with Gasteiger partial charge in [-0.25, -0.2) is 8.78 Å². The SMILES string of the molecule is COc1ccc(CN(C[C@H](F)C2OCC(N)CO2)c2ccc(C#N)cc2)cc1F. The first-order valence-electron chi connectivity index (χ1n) is 9.20. The van der Waals surface area contributed by atoms with E-state index < -0.39 is 18.3 Å². The van der Waals surface area contributed by atoms with Gasteiger partial charge in [-0.1, -0.05) is 6.07 Å². The predicted octanol–water partition coefficient (Wildman–Crippen LogP) is 2.75. The molecule has 0 aromatic heterocycles. The summed E-state index contributed by atoms with van der Waals surface area (Å²) in [5.74, 6) is -0.350. The number of hydrogen-bond acceptors (Lipinski definition) is 6. The molecule has 2 aromatic carbocycles. The van der Waals surface area contributed by atoms with Crippen LogP contribution in [-0.4, -0.2) is 45.4 Å². The molecule has 6 nitrogen and oxygen atoms in total. The number of nitrogens with two attached hydrogens (primary N) is 1. The standard InChI is InChI=1S/C21H23F2N3O3/c1-27-20-7-4-15(8-18(20)22)10-26(17-5-2-14(9-24)3-6-17)11-19(23)21-28-12-16(25)13-29-21/h2-8,16,19,21H,10-13,25H2,1H3/t16?,19-,21?/m0/s1. The number of halogens is 2. The lowest BCUT2D eigenvalue weighted by molar-refractivity contribution is -0.211. The molecule has 0 bridgehead atoms. The van der Waals surface area contributed by atoms with Crippen molar-refractivity contribution in [3.05, 3.63) is 59.4 Å². The largest absolute Gasteiger partial charge is 0.494 e. The summed E-state index contributed by atoms with van der Waals surface area (Å²) in [6.45, 7) is 0.663. The smallest absolute Gasteiger partial charge is 0.190 e. The number of methoxy groups -OCH3 is 1. The van der Waals surface area contributed by atoms with Gasteiger partial charge >= 0.3 is 0 Å². The highest BCUT2D eigenvalue weighted by Gasteiger charge is 2.30. The van der Waals surface area contributed by atoms with Crippen molar-refractivity contribution in [1.29, 1.82) is 5.26 Å². The van der Waals surface area contributed by atoms with Crippen molar-refractivity contribution in [2.45, 2.75) is 25.0 Å². The average molecular weight is 403 g/mol. The van der Waals surface area contributed by atoms with Gasteiger partial charge in [0.05, 0.1) is 44.5 Å². The van der Waals surface area contributed by atoms with Crippen molar-refractivity contribution in [3.8, 4) is 11.8 Å². The van der Waals surface area contributed by atoms with Crippen LogP contribution in [-0.2, 0) is 16.0 Å². The van der Waals surface area contributed by atoms with E-state index in [4.69, 9.17) is 25.2 Å². The van der Waals surface area contributed by atoms with Crippen LogP contribution >= 0.6 is 0 Å². The van der Waals surface area contributed by atoms with Crippen molar-refractivity contribution in [2.24, 2.45) is 5.73 Å². The summed E-state index contributed by atoms with van der Waals surface area (Å²) < 4.78 is 44.7. The van der Waals surface area contributed by atoms with Gasteiger partial charge in [0, 0.05) is 12.2 Å². The van der Waals surface area contributed by atoms with Crippen molar-refractivity contribution in [1.82, 2.24) is 0 Å². The fourth-order valence-corrected chi connectivity index (χ4v) is 3.08. The van der Waals surface area contributed by atoms with E-state index in [1.807, 2.05) is 0 Å². The Labute approximate surface area is 168 Å². The Morgan fingerprint density at radius 3 is 2.52 bits per heavy atom. The van der Waals surface area contributed by atoms with E-state index in [-0.39, 0.29) is 38.1 Å². The number of nitriles is 1. The number of rotatable bonds is 7. The van der Waals surface area contributed by atoms with Crippen LogP contribution in [0.15, 0.2) is 42.5 Å². The van der Waals surface area contributed by atoms with Crippen molar-refractivity contribution < 1.29 is 23.0 Å². The molecule has 0 saturated carbocycles. The molecule has 0 amide bonds. The predicted molar refractivity (Wildman–Crippen MR) is 104 cm³/mol. The van der Waals surface area contributed by atoms with Crippen LogP contribution in [0.1, 0.15) is 11.1 Å². The molecular weight excluding hydrogens is 380 g/mol. The Hall–Kier alpha value is -2.73. The number of hydrogen-bond donors (Lipinski definition) is 1. The summed E-state index contributed by atoms with van der Waals surface area (Å²) >= 11 is 0. The molecule has 1 saturated heterocycles. The molecule has 3 rings (SSSR count). The molecule has 154 valence electrons. The van der Waals surface area contributed by atoms with E-state index in [2.05, 4.69) is 6.07 Å². The van der Waals surface area contributed by atoms with Gasteiger partial charge in [-0.05, 0) is 42.0 Å². The second kappa shape index (κ2) is 9.65. The number of nitrogens with zero attached hydrogens (tertiary/aromatic N) is 2. The molecule has 29 heavy (non-hydrogen) atoms. The molecule has 0 spiro atoms. The van der Waals surface area contributed by atoms with Gasteiger partial charge in [0.25, 0.3) is 0 Å². The molecule has 2 aromatic rings. The quantitative estimate of drug-likeness (QED) is 0.766. The van der Waals surface area contributed by atoms with E-state index in [1.54, 1.807) is 35.2 Å². The van der Waals surface area contributed by atoms with E-state index in [0.717, 1.165) is 0 Å². The van der Waals surface area contributed by atoms with Gasteiger partial charge < -0.3 is 24.8 Å². The van der Waals surface area contributed by atoms with Gasteiger partial charge in [-0.3, -0.25) is 0 Å². The third kappa shape index (κ3) is 5.41. The summed E-state index contributed by atoms with van der Waals surface area (Å²) in [4.78, 5) is 1.74. The van der Waals surface area contributed by atoms with Crippen molar-refractivity contribution in [3.63, 3.8) is 0 Å². The summed E-state index contributed by atoms with van der Waals surface area (Å²) in [6.07, 6.45) is -2.45. The van der Waals surface area contributed by atoms with Crippen LogP contribution in [0.4, 0.5) is 14.5 Å². The highest BCUT2D eigenvalue weighted by atomic mass is 19.1. The van der Waals surface area contributed by atoms with Crippen LogP contribution in [0.5, 0.6) is 5.75 Å². The van der Waals surface area contributed by atoms with Gasteiger partial charge in [0.1, 0.15) is 0 Å². The van der Waals surface area contributed by atoms with Crippen LogP contribution < -0.4 is 15.4 Å². The number of anilines is 1. The maximum atomic E-state index is 14.9. The minimum atomic E-state index is -1.44. The molecule has 1 heterocycles. The Kier molecular flexibility index (Phi) is 6.99. The third-order valence-corrected chi connectivity index (χ3v) is 4.59. The zero-order chi connectivity index (χ0) is 20.8. The van der Waals surface area contributed by atoms with E-state index in [1.165, 1.54) is 19.2 Å². The second-order valence-corrected chi connectivity index (χ2v) is 6.82. The lowest BCUT2D eigenvalue weighted by atomic mass is 10.1. The summed E-state index contributed by atoms with van der Waals surface area (Å²) in [5, 5.41) is 9.00. The van der Waals surface area contributed by atoms with E-state index >= 15 is 0 Å².